The van der Waals surface area contributed by atoms with E-state index in [1.54, 1.807) is 29.5 Å². The van der Waals surface area contributed by atoms with Gasteiger partial charge in [-0.05, 0) is 31.2 Å². The van der Waals surface area contributed by atoms with Crippen molar-refractivity contribution in [2.75, 3.05) is 5.32 Å². The van der Waals surface area contributed by atoms with Gasteiger partial charge in [-0.15, -0.1) is 11.3 Å². The zero-order valence-corrected chi connectivity index (χ0v) is 14.5. The average molecular weight is 306 g/mol. The van der Waals surface area contributed by atoms with E-state index in [0.29, 0.717) is 5.69 Å². The summed E-state index contributed by atoms with van der Waals surface area (Å²) in [6, 6.07) is 12.5. The van der Waals surface area contributed by atoms with Crippen LogP contribution in [0.2, 0.25) is 0 Å². The van der Waals surface area contributed by atoms with Gasteiger partial charge in [0.2, 0.25) is 0 Å². The fourth-order valence-corrected chi connectivity index (χ4v) is 2.85. The number of rotatable bonds is 3. The Bertz CT molecular complexity index is 801. The molecule has 0 saturated carbocycles. The van der Waals surface area contributed by atoms with Gasteiger partial charge < -0.3 is 15.2 Å². The number of para-hydroxylation sites is 1. The number of carboxylic acid groups (broad SMARTS) is 1. The summed E-state index contributed by atoms with van der Waals surface area (Å²) in [7, 11) is 0. The van der Waals surface area contributed by atoms with Crippen molar-refractivity contribution in [2.24, 2.45) is 0 Å². The smallest absolute Gasteiger partial charge is 0.545 e. The van der Waals surface area contributed by atoms with Gasteiger partial charge in [0.05, 0.1) is 21.2 Å². The SMILES string of the molecule is Cc1nc2cc(Nc3ccccc3C(=O)[O-])ccc2s1.[Na+]. The summed E-state index contributed by atoms with van der Waals surface area (Å²) in [4.78, 5) is 15.5. The summed E-state index contributed by atoms with van der Waals surface area (Å²) >= 11 is 1.63. The molecule has 21 heavy (non-hydrogen) atoms. The second-order valence-corrected chi connectivity index (χ2v) is 5.61. The van der Waals surface area contributed by atoms with Crippen LogP contribution >= 0.6 is 11.3 Å². The summed E-state index contributed by atoms with van der Waals surface area (Å²) in [6.45, 7) is 1.96. The van der Waals surface area contributed by atoms with Crippen LogP contribution in [0.25, 0.3) is 10.2 Å². The Morgan fingerprint density at radius 1 is 1.24 bits per heavy atom. The van der Waals surface area contributed by atoms with Crippen LogP contribution in [0.3, 0.4) is 0 Å². The molecule has 0 amide bonds. The standard InChI is InChI=1S/C15H12N2O2S.Na/c1-9-16-13-8-10(6-7-14(13)20-9)17-12-5-3-2-4-11(12)15(18)19;/h2-8,17H,1H3,(H,18,19);/q;+1/p-1. The molecule has 0 bridgehead atoms. The second kappa shape index (κ2) is 6.58. The van der Waals surface area contributed by atoms with Crippen molar-refractivity contribution in [1.29, 1.82) is 0 Å². The number of nitrogens with zero attached hydrogens (tertiary/aromatic N) is 1. The van der Waals surface area contributed by atoms with E-state index in [1.165, 1.54) is 6.07 Å². The first-order chi connectivity index (χ1) is 9.63. The first-order valence-electron chi connectivity index (χ1n) is 6.08. The number of carboxylic acids is 1. The van der Waals surface area contributed by atoms with Crippen LogP contribution in [0, 0.1) is 6.92 Å². The number of hydrogen-bond donors (Lipinski definition) is 1. The molecule has 0 spiro atoms. The fourth-order valence-electron chi connectivity index (χ4n) is 2.05. The zero-order valence-electron chi connectivity index (χ0n) is 11.7. The normalized spacial score (nSPS) is 10.1. The molecule has 4 nitrogen and oxygen atoms in total. The minimum atomic E-state index is -1.20. The molecule has 0 aliphatic heterocycles. The molecule has 2 aromatic carbocycles. The Labute approximate surface area is 148 Å². The fraction of sp³-hybridized carbons (Fsp3) is 0.0667. The number of anilines is 2. The van der Waals surface area contributed by atoms with E-state index in [9.17, 15) is 9.90 Å². The molecule has 1 N–H and O–H groups in total. The molecular weight excluding hydrogens is 295 g/mol. The Morgan fingerprint density at radius 3 is 2.76 bits per heavy atom. The number of fused-ring (bicyclic) bond motifs is 1. The molecule has 0 saturated heterocycles. The molecule has 3 rings (SSSR count). The number of aryl methyl sites for hydroxylation is 1. The van der Waals surface area contributed by atoms with E-state index in [2.05, 4.69) is 10.3 Å². The van der Waals surface area contributed by atoms with Crippen molar-refractivity contribution in [3.8, 4) is 0 Å². The Hall–Kier alpha value is -1.40. The maximum atomic E-state index is 11.1. The van der Waals surface area contributed by atoms with Crippen LogP contribution in [0.1, 0.15) is 15.4 Å². The summed E-state index contributed by atoms with van der Waals surface area (Å²) in [5, 5.41) is 15.2. The van der Waals surface area contributed by atoms with Gasteiger partial charge in [0, 0.05) is 16.9 Å². The number of carbonyl (C=O) groups is 1. The van der Waals surface area contributed by atoms with E-state index in [4.69, 9.17) is 0 Å². The molecule has 100 valence electrons. The quantitative estimate of drug-likeness (QED) is 0.676. The van der Waals surface area contributed by atoms with Gasteiger partial charge in [-0.2, -0.15) is 0 Å². The molecule has 0 aliphatic carbocycles. The average Bonchev–Trinajstić information content (AvgIpc) is 2.78. The summed E-state index contributed by atoms with van der Waals surface area (Å²) < 4.78 is 1.11. The van der Waals surface area contributed by atoms with Crippen LogP contribution in [0.5, 0.6) is 0 Å². The molecular formula is C15H11N2NaO2S. The van der Waals surface area contributed by atoms with E-state index < -0.39 is 5.97 Å². The number of thiazole rings is 1. The zero-order chi connectivity index (χ0) is 14.1. The Morgan fingerprint density at radius 2 is 2.00 bits per heavy atom. The number of benzene rings is 2. The minimum Gasteiger partial charge on any atom is -0.545 e. The van der Waals surface area contributed by atoms with E-state index in [-0.39, 0.29) is 35.1 Å². The van der Waals surface area contributed by atoms with Crippen LogP contribution in [-0.4, -0.2) is 11.0 Å². The van der Waals surface area contributed by atoms with E-state index >= 15 is 0 Å². The Kier molecular flexibility index (Phi) is 5.00. The molecule has 0 fully saturated rings. The topological polar surface area (TPSA) is 65.0 Å². The summed E-state index contributed by atoms with van der Waals surface area (Å²) in [5.74, 6) is -1.20. The van der Waals surface area contributed by atoms with Crippen LogP contribution < -0.4 is 40.0 Å². The number of carbonyl (C=O) groups excluding carboxylic acids is 1. The van der Waals surface area contributed by atoms with Gasteiger partial charge in [0.1, 0.15) is 0 Å². The summed E-state index contributed by atoms with van der Waals surface area (Å²) in [6.07, 6.45) is 0. The van der Waals surface area contributed by atoms with E-state index in [0.717, 1.165) is 20.9 Å². The molecule has 1 aromatic heterocycles. The van der Waals surface area contributed by atoms with Gasteiger partial charge in [0.15, 0.2) is 0 Å². The van der Waals surface area contributed by atoms with Crippen LogP contribution in [-0.2, 0) is 0 Å². The van der Waals surface area contributed by atoms with Crippen molar-refractivity contribution in [3.05, 3.63) is 53.0 Å². The van der Waals surface area contributed by atoms with E-state index in [1.807, 2.05) is 25.1 Å². The Balaban J connectivity index is 0.00000161. The van der Waals surface area contributed by atoms with Gasteiger partial charge >= 0.3 is 29.6 Å². The van der Waals surface area contributed by atoms with Crippen LogP contribution in [0.15, 0.2) is 42.5 Å². The van der Waals surface area contributed by atoms with Gasteiger partial charge in [0.25, 0.3) is 0 Å². The third-order valence-corrected chi connectivity index (χ3v) is 3.87. The van der Waals surface area contributed by atoms with Crippen molar-refractivity contribution in [1.82, 2.24) is 4.98 Å². The number of nitrogens with one attached hydrogen (secondary N) is 1. The molecule has 0 radical (unpaired) electrons. The van der Waals surface area contributed by atoms with Gasteiger partial charge in [-0.3, -0.25) is 0 Å². The van der Waals surface area contributed by atoms with Crippen molar-refractivity contribution in [2.45, 2.75) is 6.92 Å². The maximum Gasteiger partial charge on any atom is 1.00 e. The predicted octanol–water partition coefficient (Wildman–Crippen LogP) is -0.284. The molecule has 3 aromatic rings. The van der Waals surface area contributed by atoms with Gasteiger partial charge in [-0.25, -0.2) is 4.98 Å². The molecule has 0 unspecified atom stereocenters. The molecule has 1 heterocycles. The van der Waals surface area contributed by atoms with Gasteiger partial charge in [-0.1, -0.05) is 18.2 Å². The number of aromatic carboxylic acids is 1. The third kappa shape index (κ3) is 3.44. The number of hydrogen-bond acceptors (Lipinski definition) is 5. The first-order valence-corrected chi connectivity index (χ1v) is 6.90. The largest absolute Gasteiger partial charge is 1.00 e. The third-order valence-electron chi connectivity index (χ3n) is 2.92. The van der Waals surface area contributed by atoms with Crippen molar-refractivity contribution >= 4 is 38.9 Å². The molecule has 6 heteroatoms. The van der Waals surface area contributed by atoms with Crippen molar-refractivity contribution in [3.63, 3.8) is 0 Å². The predicted molar refractivity (Wildman–Crippen MR) is 78.4 cm³/mol. The number of aromatic nitrogens is 1. The molecule has 0 aliphatic rings. The minimum absolute atomic E-state index is 0. The first kappa shape index (κ1) is 16.0. The second-order valence-electron chi connectivity index (χ2n) is 4.37. The summed E-state index contributed by atoms with van der Waals surface area (Å²) in [5.41, 5.74) is 2.36. The van der Waals surface area contributed by atoms with Crippen LogP contribution in [0.4, 0.5) is 11.4 Å². The molecule has 0 atom stereocenters. The monoisotopic (exact) mass is 306 g/mol. The van der Waals surface area contributed by atoms with Crippen molar-refractivity contribution < 1.29 is 39.5 Å². The maximum absolute atomic E-state index is 11.1.